The Balaban J connectivity index is 1.69. The molecule has 1 amide bonds. The van der Waals surface area contributed by atoms with Crippen molar-refractivity contribution in [3.63, 3.8) is 0 Å². The molecule has 1 N–H and O–H groups in total. The van der Waals surface area contributed by atoms with E-state index in [0.717, 1.165) is 19.0 Å². The Kier molecular flexibility index (Phi) is 4.70. The summed E-state index contributed by atoms with van der Waals surface area (Å²) in [6, 6.07) is 0.232. The van der Waals surface area contributed by atoms with E-state index >= 15 is 0 Å². The molecule has 0 spiro atoms. The quantitative estimate of drug-likeness (QED) is 0.876. The van der Waals surface area contributed by atoms with Gasteiger partial charge in [-0.2, -0.15) is 5.10 Å². The molecule has 22 heavy (non-hydrogen) atoms. The van der Waals surface area contributed by atoms with Crippen LogP contribution in [-0.2, 0) is 7.05 Å². The Morgan fingerprint density at radius 3 is 2.82 bits per heavy atom. The molecule has 3 rings (SSSR count). The van der Waals surface area contributed by atoms with Crippen molar-refractivity contribution in [1.82, 2.24) is 19.6 Å². The van der Waals surface area contributed by atoms with E-state index < -0.39 is 0 Å². The van der Waals surface area contributed by atoms with Crippen LogP contribution in [0.4, 0.5) is 0 Å². The van der Waals surface area contributed by atoms with Crippen LogP contribution in [0.15, 0.2) is 6.20 Å². The van der Waals surface area contributed by atoms with Gasteiger partial charge in [-0.3, -0.25) is 14.4 Å². The summed E-state index contributed by atoms with van der Waals surface area (Å²) in [5.74, 6) is 0.744. The van der Waals surface area contributed by atoms with Crippen LogP contribution in [0.1, 0.15) is 29.8 Å². The number of aryl methyl sites for hydroxylation is 1. The highest BCUT2D eigenvalue weighted by Gasteiger charge is 2.34. The van der Waals surface area contributed by atoms with Gasteiger partial charge in [0, 0.05) is 45.9 Å². The molecule has 2 aliphatic rings. The second-order valence-electron chi connectivity index (χ2n) is 6.32. The first-order valence-corrected chi connectivity index (χ1v) is 8.29. The van der Waals surface area contributed by atoms with Gasteiger partial charge in [0.15, 0.2) is 0 Å². The van der Waals surface area contributed by atoms with Gasteiger partial charge in [0.1, 0.15) is 5.69 Å². The average Bonchev–Trinajstić information content (AvgIpc) is 3.25. The third kappa shape index (κ3) is 3.29. The van der Waals surface area contributed by atoms with Gasteiger partial charge in [0.25, 0.3) is 5.91 Å². The number of aromatic nitrogens is 2. The van der Waals surface area contributed by atoms with E-state index in [4.69, 9.17) is 11.6 Å². The van der Waals surface area contributed by atoms with E-state index in [1.165, 1.54) is 23.7 Å². The van der Waals surface area contributed by atoms with E-state index in [2.05, 4.69) is 10.00 Å². The summed E-state index contributed by atoms with van der Waals surface area (Å²) in [7, 11) is 1.73. The topological polar surface area (TPSA) is 61.6 Å². The molecular weight excluding hydrogens is 304 g/mol. The van der Waals surface area contributed by atoms with Crippen molar-refractivity contribution in [2.24, 2.45) is 13.0 Å². The molecule has 1 aliphatic carbocycles. The van der Waals surface area contributed by atoms with Crippen LogP contribution in [0, 0.1) is 5.92 Å². The van der Waals surface area contributed by atoms with Gasteiger partial charge in [-0.05, 0) is 25.2 Å². The van der Waals surface area contributed by atoms with Crippen LogP contribution >= 0.6 is 11.6 Å². The molecule has 7 heteroatoms. The molecule has 1 saturated heterocycles. The van der Waals surface area contributed by atoms with Gasteiger partial charge >= 0.3 is 0 Å². The van der Waals surface area contributed by atoms with E-state index in [9.17, 15) is 9.90 Å². The summed E-state index contributed by atoms with van der Waals surface area (Å²) < 4.78 is 1.53. The third-order valence-electron chi connectivity index (χ3n) is 4.64. The molecule has 1 aromatic rings. The lowest BCUT2D eigenvalue weighted by molar-refractivity contribution is 0.0399. The fourth-order valence-corrected chi connectivity index (χ4v) is 3.42. The lowest BCUT2D eigenvalue weighted by Crippen LogP contribution is -2.55. The number of hydrogen-bond acceptors (Lipinski definition) is 4. The van der Waals surface area contributed by atoms with Crippen LogP contribution in [-0.4, -0.2) is 69.4 Å². The van der Waals surface area contributed by atoms with Gasteiger partial charge in [0.2, 0.25) is 0 Å². The number of aliphatic hydroxyl groups excluding tert-OH is 1. The third-order valence-corrected chi connectivity index (χ3v) is 4.92. The van der Waals surface area contributed by atoms with Gasteiger partial charge in [-0.25, -0.2) is 0 Å². The second-order valence-corrected chi connectivity index (χ2v) is 6.73. The van der Waals surface area contributed by atoms with Crippen LogP contribution in [0.3, 0.4) is 0 Å². The SMILES string of the molecule is Cn1ncc(Cl)c1C(=O)N1CCN(CC2CC2)[C@@H](CCO)C1. The monoisotopic (exact) mass is 326 g/mol. The Labute approximate surface area is 135 Å². The molecule has 0 radical (unpaired) electrons. The normalized spacial score (nSPS) is 23.0. The molecular formula is C15H23ClN4O2. The van der Waals surface area contributed by atoms with E-state index in [0.29, 0.717) is 30.2 Å². The van der Waals surface area contributed by atoms with Crippen molar-refractivity contribution in [1.29, 1.82) is 0 Å². The first-order valence-electron chi connectivity index (χ1n) is 7.91. The van der Waals surface area contributed by atoms with Crippen LogP contribution in [0.25, 0.3) is 0 Å². The number of aliphatic hydroxyl groups is 1. The zero-order valence-electron chi connectivity index (χ0n) is 12.9. The Hall–Kier alpha value is -1.11. The number of hydrogen-bond donors (Lipinski definition) is 1. The smallest absolute Gasteiger partial charge is 0.273 e. The van der Waals surface area contributed by atoms with Gasteiger partial charge in [-0.15, -0.1) is 0 Å². The predicted molar refractivity (Wildman–Crippen MR) is 83.9 cm³/mol. The Morgan fingerprint density at radius 1 is 1.45 bits per heavy atom. The number of halogens is 1. The molecule has 1 aliphatic heterocycles. The summed E-state index contributed by atoms with van der Waals surface area (Å²) in [5.41, 5.74) is 0.444. The molecule has 2 heterocycles. The highest BCUT2D eigenvalue weighted by molar-refractivity contribution is 6.33. The first-order chi connectivity index (χ1) is 10.6. The molecule has 6 nitrogen and oxygen atoms in total. The van der Waals surface area contributed by atoms with Gasteiger partial charge in [0.05, 0.1) is 11.2 Å². The molecule has 0 unspecified atom stereocenters. The maximum Gasteiger partial charge on any atom is 0.273 e. The van der Waals surface area contributed by atoms with Crippen molar-refractivity contribution in [2.75, 3.05) is 32.8 Å². The van der Waals surface area contributed by atoms with Crippen molar-refractivity contribution in [3.05, 3.63) is 16.9 Å². The van der Waals surface area contributed by atoms with Crippen LogP contribution < -0.4 is 0 Å². The van der Waals surface area contributed by atoms with Crippen LogP contribution in [0.2, 0.25) is 5.02 Å². The maximum atomic E-state index is 12.7. The summed E-state index contributed by atoms with van der Waals surface area (Å²) >= 11 is 6.08. The minimum atomic E-state index is -0.0704. The lowest BCUT2D eigenvalue weighted by atomic mass is 10.1. The molecule has 2 fully saturated rings. The number of carbonyl (C=O) groups is 1. The fraction of sp³-hybridized carbons (Fsp3) is 0.733. The zero-order chi connectivity index (χ0) is 15.7. The lowest BCUT2D eigenvalue weighted by Gasteiger charge is -2.41. The standard InChI is InChI=1S/C15H23ClN4O2/c1-18-14(13(16)8-17-18)15(22)20-6-5-19(9-11-2-3-11)12(10-20)4-7-21/h8,11-12,21H,2-7,9-10H2,1H3/t12-/m0/s1. The number of nitrogens with zero attached hydrogens (tertiary/aromatic N) is 4. The molecule has 1 atom stereocenters. The number of piperazine rings is 1. The minimum Gasteiger partial charge on any atom is -0.396 e. The van der Waals surface area contributed by atoms with E-state index in [-0.39, 0.29) is 18.6 Å². The second kappa shape index (κ2) is 6.56. The summed E-state index contributed by atoms with van der Waals surface area (Å²) in [5, 5.41) is 13.7. The highest BCUT2D eigenvalue weighted by atomic mass is 35.5. The zero-order valence-corrected chi connectivity index (χ0v) is 13.7. The number of amides is 1. The van der Waals surface area contributed by atoms with Crippen molar-refractivity contribution in [3.8, 4) is 0 Å². The summed E-state index contributed by atoms with van der Waals surface area (Å²) in [4.78, 5) is 17.0. The summed E-state index contributed by atoms with van der Waals surface area (Å²) in [6.45, 7) is 3.46. The molecule has 122 valence electrons. The van der Waals surface area contributed by atoms with E-state index in [1.54, 1.807) is 7.05 Å². The van der Waals surface area contributed by atoms with Gasteiger partial charge < -0.3 is 10.0 Å². The minimum absolute atomic E-state index is 0.0704. The van der Waals surface area contributed by atoms with Gasteiger partial charge in [-0.1, -0.05) is 11.6 Å². The highest BCUT2D eigenvalue weighted by Crippen LogP contribution is 2.31. The summed E-state index contributed by atoms with van der Waals surface area (Å²) in [6.07, 6.45) is 4.84. The Morgan fingerprint density at radius 2 is 2.23 bits per heavy atom. The fourth-order valence-electron chi connectivity index (χ4n) is 3.17. The molecule has 1 saturated carbocycles. The largest absolute Gasteiger partial charge is 0.396 e. The maximum absolute atomic E-state index is 12.7. The average molecular weight is 327 g/mol. The molecule has 0 bridgehead atoms. The Bertz CT molecular complexity index is 524. The number of rotatable bonds is 5. The van der Waals surface area contributed by atoms with Crippen molar-refractivity contribution >= 4 is 17.5 Å². The van der Waals surface area contributed by atoms with Crippen molar-refractivity contribution < 1.29 is 9.90 Å². The molecule has 0 aromatic carbocycles. The van der Waals surface area contributed by atoms with Crippen LogP contribution in [0.5, 0.6) is 0 Å². The van der Waals surface area contributed by atoms with Crippen molar-refractivity contribution in [2.45, 2.75) is 25.3 Å². The first kappa shape index (κ1) is 15.8. The molecule has 1 aromatic heterocycles. The number of carbonyl (C=O) groups excluding carboxylic acids is 1. The van der Waals surface area contributed by atoms with E-state index in [1.807, 2.05) is 4.90 Å². The predicted octanol–water partition coefficient (Wildman–Crippen LogP) is 0.992.